The lowest BCUT2D eigenvalue weighted by molar-refractivity contribution is -0.125. The lowest BCUT2D eigenvalue weighted by Gasteiger charge is -2.16. The number of anilines is 2. The van der Waals surface area contributed by atoms with Crippen LogP contribution >= 0.6 is 0 Å². The van der Waals surface area contributed by atoms with Crippen molar-refractivity contribution in [3.8, 4) is 0 Å². The normalized spacial score (nSPS) is 23.4. The van der Waals surface area contributed by atoms with Crippen molar-refractivity contribution in [2.45, 2.75) is 51.0 Å². The summed E-state index contributed by atoms with van der Waals surface area (Å²) in [6, 6.07) is 8.04. The van der Waals surface area contributed by atoms with Crippen LogP contribution in [0, 0.1) is 11.8 Å². The van der Waals surface area contributed by atoms with E-state index in [-0.39, 0.29) is 23.7 Å². The number of hydrogen-bond donors (Lipinski definition) is 2. The Morgan fingerprint density at radius 3 is 2.12 bits per heavy atom. The maximum absolute atomic E-state index is 12.4. The van der Waals surface area contributed by atoms with E-state index in [0.29, 0.717) is 12.5 Å². The predicted molar refractivity (Wildman–Crippen MR) is 101 cm³/mol. The highest BCUT2D eigenvalue weighted by Crippen LogP contribution is 2.40. The highest BCUT2D eigenvalue weighted by molar-refractivity contribution is 5.99. The summed E-state index contributed by atoms with van der Waals surface area (Å²) in [6.07, 6.45) is 7.76. The second-order valence-electron chi connectivity index (χ2n) is 7.58. The number of nitrogens with zero attached hydrogens (tertiary/aromatic N) is 1. The Morgan fingerprint density at radius 2 is 1.52 bits per heavy atom. The van der Waals surface area contributed by atoms with E-state index in [4.69, 9.17) is 0 Å². The number of nitrogens with one attached hydrogen (secondary N) is 2. The van der Waals surface area contributed by atoms with E-state index >= 15 is 0 Å². The van der Waals surface area contributed by atoms with Crippen LogP contribution in [-0.2, 0) is 9.59 Å². The second kappa shape index (κ2) is 7.89. The van der Waals surface area contributed by atoms with Crippen LogP contribution in [0.15, 0.2) is 24.3 Å². The smallest absolute Gasteiger partial charge is 0.228 e. The fraction of sp³-hybridized carbons (Fsp3) is 0.600. The molecule has 136 valence electrons. The SMILES string of the molecule is CN(C)c1ccc(NC(=O)C2CC2C(=O)NC2CCCCCC2)cc1. The fourth-order valence-electron chi connectivity index (χ4n) is 3.58. The second-order valence-corrected chi connectivity index (χ2v) is 7.58. The van der Waals surface area contributed by atoms with Gasteiger partial charge in [-0.2, -0.15) is 0 Å². The number of benzene rings is 1. The number of carbonyl (C=O) groups excluding carboxylic acids is 2. The summed E-state index contributed by atoms with van der Waals surface area (Å²) < 4.78 is 0. The molecule has 5 heteroatoms. The highest BCUT2D eigenvalue weighted by atomic mass is 16.2. The molecule has 0 heterocycles. The molecule has 2 saturated carbocycles. The van der Waals surface area contributed by atoms with Crippen molar-refractivity contribution in [2.24, 2.45) is 11.8 Å². The topological polar surface area (TPSA) is 61.4 Å². The van der Waals surface area contributed by atoms with Gasteiger partial charge >= 0.3 is 0 Å². The first-order chi connectivity index (χ1) is 12.0. The summed E-state index contributed by atoms with van der Waals surface area (Å²) in [4.78, 5) is 26.7. The van der Waals surface area contributed by atoms with Crippen LogP contribution in [0.4, 0.5) is 11.4 Å². The molecule has 0 aromatic heterocycles. The fourth-order valence-corrected chi connectivity index (χ4v) is 3.58. The molecule has 1 aromatic rings. The van der Waals surface area contributed by atoms with Gasteiger partial charge in [0.05, 0.1) is 11.8 Å². The molecule has 2 aliphatic rings. The van der Waals surface area contributed by atoms with Crippen molar-refractivity contribution in [1.29, 1.82) is 0 Å². The van der Waals surface area contributed by atoms with Crippen molar-refractivity contribution in [3.05, 3.63) is 24.3 Å². The van der Waals surface area contributed by atoms with Gasteiger partial charge in [0.25, 0.3) is 0 Å². The van der Waals surface area contributed by atoms with Crippen LogP contribution in [0.5, 0.6) is 0 Å². The molecule has 0 aliphatic heterocycles. The molecule has 0 bridgehead atoms. The van der Waals surface area contributed by atoms with Gasteiger partial charge in [0.15, 0.2) is 0 Å². The van der Waals surface area contributed by atoms with E-state index in [9.17, 15) is 9.59 Å². The minimum atomic E-state index is -0.181. The van der Waals surface area contributed by atoms with E-state index in [1.807, 2.05) is 43.3 Å². The van der Waals surface area contributed by atoms with E-state index in [0.717, 1.165) is 24.2 Å². The molecule has 0 radical (unpaired) electrons. The first kappa shape index (κ1) is 17.8. The molecule has 2 N–H and O–H groups in total. The van der Waals surface area contributed by atoms with Gasteiger partial charge in [-0.3, -0.25) is 9.59 Å². The summed E-state index contributed by atoms with van der Waals surface area (Å²) in [6.45, 7) is 0. The molecular formula is C20H29N3O2. The van der Waals surface area contributed by atoms with Crippen LogP contribution in [0.1, 0.15) is 44.9 Å². The van der Waals surface area contributed by atoms with Gasteiger partial charge in [-0.1, -0.05) is 25.7 Å². The largest absolute Gasteiger partial charge is 0.378 e. The molecule has 2 fully saturated rings. The van der Waals surface area contributed by atoms with E-state index in [1.165, 1.54) is 25.7 Å². The third kappa shape index (κ3) is 4.74. The average molecular weight is 343 g/mol. The Kier molecular flexibility index (Phi) is 5.61. The lowest BCUT2D eigenvalue weighted by atomic mass is 10.1. The molecule has 2 atom stereocenters. The molecule has 3 rings (SSSR count). The zero-order valence-corrected chi connectivity index (χ0v) is 15.3. The monoisotopic (exact) mass is 343 g/mol. The molecule has 2 aliphatic carbocycles. The minimum absolute atomic E-state index is 0.0429. The van der Waals surface area contributed by atoms with Crippen molar-refractivity contribution in [3.63, 3.8) is 0 Å². The van der Waals surface area contributed by atoms with Crippen LogP contribution in [0.2, 0.25) is 0 Å². The third-order valence-corrected chi connectivity index (χ3v) is 5.32. The molecular weight excluding hydrogens is 314 g/mol. The van der Waals surface area contributed by atoms with Crippen molar-refractivity contribution < 1.29 is 9.59 Å². The summed E-state index contributed by atoms with van der Waals surface area (Å²) in [5.74, 6) is -0.308. The Labute approximate surface area is 150 Å². The Hall–Kier alpha value is -2.04. The van der Waals surface area contributed by atoms with Gasteiger partial charge < -0.3 is 15.5 Å². The van der Waals surface area contributed by atoms with Gasteiger partial charge in [0, 0.05) is 31.5 Å². The maximum Gasteiger partial charge on any atom is 0.228 e. The predicted octanol–water partition coefficient (Wildman–Crippen LogP) is 3.17. The molecule has 2 unspecified atom stereocenters. The average Bonchev–Trinajstić information content (AvgIpc) is 3.40. The zero-order chi connectivity index (χ0) is 17.8. The molecule has 0 spiro atoms. The van der Waals surface area contributed by atoms with Crippen LogP contribution in [0.3, 0.4) is 0 Å². The van der Waals surface area contributed by atoms with Crippen LogP contribution in [-0.4, -0.2) is 32.0 Å². The van der Waals surface area contributed by atoms with Crippen LogP contribution in [0.25, 0.3) is 0 Å². The summed E-state index contributed by atoms with van der Waals surface area (Å²) in [5, 5.41) is 6.10. The van der Waals surface area contributed by atoms with Gasteiger partial charge in [-0.05, 0) is 43.5 Å². The first-order valence-corrected chi connectivity index (χ1v) is 9.43. The van der Waals surface area contributed by atoms with Crippen molar-refractivity contribution >= 4 is 23.2 Å². The summed E-state index contributed by atoms with van der Waals surface area (Å²) in [7, 11) is 3.96. The van der Waals surface area contributed by atoms with Crippen molar-refractivity contribution in [2.75, 3.05) is 24.3 Å². The number of hydrogen-bond acceptors (Lipinski definition) is 3. The Morgan fingerprint density at radius 1 is 0.920 bits per heavy atom. The number of carbonyl (C=O) groups is 2. The van der Waals surface area contributed by atoms with E-state index < -0.39 is 0 Å². The van der Waals surface area contributed by atoms with Gasteiger partial charge in [0.1, 0.15) is 0 Å². The van der Waals surface area contributed by atoms with Crippen molar-refractivity contribution in [1.82, 2.24) is 5.32 Å². The lowest BCUT2D eigenvalue weighted by Crippen LogP contribution is -2.36. The summed E-state index contributed by atoms with van der Waals surface area (Å²) >= 11 is 0. The minimum Gasteiger partial charge on any atom is -0.378 e. The number of amides is 2. The standard InChI is InChI=1S/C20H29N3O2/c1-23(2)16-11-9-15(10-12-16)22-20(25)18-13-17(18)19(24)21-14-7-5-3-4-6-8-14/h9-12,14,17-18H,3-8,13H2,1-2H3,(H,21,24)(H,22,25). The molecule has 25 heavy (non-hydrogen) atoms. The molecule has 5 nitrogen and oxygen atoms in total. The summed E-state index contributed by atoms with van der Waals surface area (Å²) in [5.41, 5.74) is 1.87. The Bertz CT molecular complexity index is 604. The molecule has 1 aromatic carbocycles. The number of rotatable bonds is 5. The van der Waals surface area contributed by atoms with Gasteiger partial charge in [0.2, 0.25) is 11.8 Å². The first-order valence-electron chi connectivity index (χ1n) is 9.43. The van der Waals surface area contributed by atoms with Gasteiger partial charge in [-0.15, -0.1) is 0 Å². The van der Waals surface area contributed by atoms with Gasteiger partial charge in [-0.25, -0.2) is 0 Å². The van der Waals surface area contributed by atoms with Crippen LogP contribution < -0.4 is 15.5 Å². The zero-order valence-electron chi connectivity index (χ0n) is 15.3. The third-order valence-electron chi connectivity index (χ3n) is 5.32. The highest BCUT2D eigenvalue weighted by Gasteiger charge is 2.48. The quantitative estimate of drug-likeness (QED) is 0.807. The van der Waals surface area contributed by atoms with E-state index in [1.54, 1.807) is 0 Å². The molecule has 2 amide bonds. The molecule has 0 saturated heterocycles. The maximum atomic E-state index is 12.4. The van der Waals surface area contributed by atoms with E-state index in [2.05, 4.69) is 10.6 Å². The Balaban J connectivity index is 1.47.